The van der Waals surface area contributed by atoms with Crippen molar-refractivity contribution in [1.29, 1.82) is 0 Å². The summed E-state index contributed by atoms with van der Waals surface area (Å²) in [6.07, 6.45) is 4.76. The average molecular weight is 264 g/mol. The fourth-order valence-corrected chi connectivity index (χ4v) is 3.15. The fourth-order valence-electron chi connectivity index (χ4n) is 1.62. The molecule has 0 saturated heterocycles. The molecule has 0 aliphatic rings. The number of hydrogen-bond donors (Lipinski definition) is 0. The van der Waals surface area contributed by atoms with Crippen molar-refractivity contribution >= 4 is 10.2 Å². The molecule has 0 saturated carbocycles. The molecule has 0 amide bonds. The minimum atomic E-state index is -3.24. The van der Waals surface area contributed by atoms with Gasteiger partial charge in [0.1, 0.15) is 0 Å². The monoisotopic (exact) mass is 264 g/mol. The third-order valence-corrected chi connectivity index (χ3v) is 4.77. The third kappa shape index (κ3) is 5.84. The fraction of sp³-hybridized carbons (Fsp3) is 1.00. The maximum atomic E-state index is 12.3. The van der Waals surface area contributed by atoms with Crippen LogP contribution in [0.2, 0.25) is 0 Å². The van der Waals surface area contributed by atoms with Crippen molar-refractivity contribution in [2.24, 2.45) is 0 Å². The van der Waals surface area contributed by atoms with Crippen LogP contribution in [0.15, 0.2) is 0 Å². The van der Waals surface area contributed by atoms with Crippen molar-refractivity contribution in [1.82, 2.24) is 8.61 Å². The van der Waals surface area contributed by atoms with E-state index in [0.29, 0.717) is 19.6 Å². The first-order valence-corrected chi connectivity index (χ1v) is 8.11. The van der Waals surface area contributed by atoms with E-state index in [1.54, 1.807) is 11.4 Å². The standard InChI is InChI=1S/C12H28N2O2S/c1-5-8-11-13(4)17(15,16)14(10-7-3)12-9-6-2/h5-12H2,1-4H3. The third-order valence-electron chi connectivity index (χ3n) is 2.78. The number of hydrogen-bond acceptors (Lipinski definition) is 2. The average Bonchev–Trinajstić information content (AvgIpc) is 2.31. The van der Waals surface area contributed by atoms with Gasteiger partial charge in [0, 0.05) is 26.7 Å². The SMILES string of the molecule is CCCCN(C)S(=O)(=O)N(CCC)CCCC. The first-order valence-electron chi connectivity index (χ1n) is 6.72. The molecule has 0 bridgehead atoms. The Bertz CT molecular complexity index is 278. The lowest BCUT2D eigenvalue weighted by Gasteiger charge is -2.27. The maximum absolute atomic E-state index is 12.3. The van der Waals surface area contributed by atoms with Crippen LogP contribution in [-0.2, 0) is 10.2 Å². The van der Waals surface area contributed by atoms with Crippen molar-refractivity contribution in [2.75, 3.05) is 26.7 Å². The van der Waals surface area contributed by atoms with Crippen LogP contribution in [0.1, 0.15) is 52.9 Å². The maximum Gasteiger partial charge on any atom is 0.281 e. The van der Waals surface area contributed by atoms with Crippen molar-refractivity contribution < 1.29 is 8.42 Å². The van der Waals surface area contributed by atoms with Crippen molar-refractivity contribution in [3.05, 3.63) is 0 Å². The summed E-state index contributed by atoms with van der Waals surface area (Å²) in [6.45, 7) is 8.05. The van der Waals surface area contributed by atoms with Gasteiger partial charge in [-0.1, -0.05) is 33.6 Å². The minimum absolute atomic E-state index is 0.616. The van der Waals surface area contributed by atoms with Crippen LogP contribution in [0.5, 0.6) is 0 Å². The summed E-state index contributed by atoms with van der Waals surface area (Å²) in [6, 6.07) is 0. The van der Waals surface area contributed by atoms with E-state index in [2.05, 4.69) is 13.8 Å². The summed E-state index contributed by atoms with van der Waals surface area (Å²) >= 11 is 0. The summed E-state index contributed by atoms with van der Waals surface area (Å²) < 4.78 is 27.7. The van der Waals surface area contributed by atoms with E-state index >= 15 is 0 Å². The van der Waals surface area contributed by atoms with Gasteiger partial charge in [-0.3, -0.25) is 0 Å². The second kappa shape index (κ2) is 8.89. The molecule has 5 heteroatoms. The first kappa shape index (κ1) is 16.9. The van der Waals surface area contributed by atoms with Gasteiger partial charge < -0.3 is 0 Å². The predicted octanol–water partition coefficient (Wildman–Crippen LogP) is 2.48. The zero-order valence-corrected chi connectivity index (χ0v) is 12.6. The van der Waals surface area contributed by atoms with Crippen LogP contribution in [0.25, 0.3) is 0 Å². The minimum Gasteiger partial charge on any atom is -0.195 e. The predicted molar refractivity (Wildman–Crippen MR) is 73.2 cm³/mol. The zero-order chi connectivity index (χ0) is 13.3. The van der Waals surface area contributed by atoms with Gasteiger partial charge in [0.2, 0.25) is 0 Å². The molecule has 0 heterocycles. The van der Waals surface area contributed by atoms with Crippen LogP contribution >= 0.6 is 0 Å². The Morgan fingerprint density at radius 1 is 0.824 bits per heavy atom. The lowest BCUT2D eigenvalue weighted by molar-refractivity contribution is 0.351. The van der Waals surface area contributed by atoms with Gasteiger partial charge in [0.25, 0.3) is 10.2 Å². The van der Waals surface area contributed by atoms with Gasteiger partial charge in [-0.2, -0.15) is 17.0 Å². The van der Waals surface area contributed by atoms with E-state index in [9.17, 15) is 8.42 Å². The van der Waals surface area contributed by atoms with Crippen molar-refractivity contribution in [3.8, 4) is 0 Å². The summed E-state index contributed by atoms with van der Waals surface area (Å²) in [5.41, 5.74) is 0. The Morgan fingerprint density at radius 3 is 1.82 bits per heavy atom. The Hall–Kier alpha value is -0.130. The lowest BCUT2D eigenvalue weighted by Crippen LogP contribution is -2.43. The van der Waals surface area contributed by atoms with Gasteiger partial charge in [-0.05, 0) is 19.3 Å². The van der Waals surface area contributed by atoms with E-state index in [1.807, 2.05) is 6.92 Å². The number of unbranched alkanes of at least 4 members (excludes halogenated alkanes) is 2. The van der Waals surface area contributed by atoms with E-state index in [0.717, 1.165) is 32.1 Å². The van der Waals surface area contributed by atoms with E-state index < -0.39 is 10.2 Å². The molecule has 0 aromatic carbocycles. The van der Waals surface area contributed by atoms with Gasteiger partial charge >= 0.3 is 0 Å². The van der Waals surface area contributed by atoms with Gasteiger partial charge in [-0.15, -0.1) is 0 Å². The summed E-state index contributed by atoms with van der Waals surface area (Å²) in [5, 5.41) is 0. The second-order valence-corrected chi connectivity index (χ2v) is 6.47. The molecule has 0 aliphatic heterocycles. The van der Waals surface area contributed by atoms with Gasteiger partial charge in [-0.25, -0.2) is 0 Å². The smallest absolute Gasteiger partial charge is 0.195 e. The summed E-state index contributed by atoms with van der Waals surface area (Å²) in [4.78, 5) is 0. The lowest BCUT2D eigenvalue weighted by atomic mass is 10.3. The molecular weight excluding hydrogens is 236 g/mol. The Morgan fingerprint density at radius 2 is 1.35 bits per heavy atom. The molecule has 0 rings (SSSR count). The molecule has 0 N–H and O–H groups in total. The highest BCUT2D eigenvalue weighted by Crippen LogP contribution is 2.10. The molecular formula is C12H28N2O2S. The second-order valence-electron chi connectivity index (χ2n) is 4.44. The molecule has 0 aliphatic carbocycles. The van der Waals surface area contributed by atoms with Crippen LogP contribution in [0.4, 0.5) is 0 Å². The van der Waals surface area contributed by atoms with Crippen LogP contribution in [0.3, 0.4) is 0 Å². The van der Waals surface area contributed by atoms with E-state index in [1.165, 1.54) is 4.31 Å². The zero-order valence-electron chi connectivity index (χ0n) is 11.8. The molecule has 0 radical (unpaired) electrons. The molecule has 4 nitrogen and oxygen atoms in total. The molecule has 0 fully saturated rings. The van der Waals surface area contributed by atoms with Crippen LogP contribution < -0.4 is 0 Å². The Labute approximate surface area is 107 Å². The van der Waals surface area contributed by atoms with Crippen LogP contribution in [0, 0.1) is 0 Å². The highest BCUT2D eigenvalue weighted by atomic mass is 32.2. The molecule has 104 valence electrons. The molecule has 0 aromatic rings. The molecule has 0 atom stereocenters. The van der Waals surface area contributed by atoms with Gasteiger partial charge in [0.05, 0.1) is 0 Å². The quantitative estimate of drug-likeness (QED) is 0.608. The van der Waals surface area contributed by atoms with E-state index in [4.69, 9.17) is 0 Å². The normalized spacial score (nSPS) is 12.6. The van der Waals surface area contributed by atoms with Crippen molar-refractivity contribution in [3.63, 3.8) is 0 Å². The summed E-state index contributed by atoms with van der Waals surface area (Å²) in [5.74, 6) is 0. The number of nitrogens with zero attached hydrogens (tertiary/aromatic N) is 2. The Balaban J connectivity index is 4.57. The molecule has 0 spiro atoms. The molecule has 17 heavy (non-hydrogen) atoms. The molecule has 0 unspecified atom stereocenters. The van der Waals surface area contributed by atoms with Crippen LogP contribution in [-0.4, -0.2) is 43.7 Å². The summed E-state index contributed by atoms with van der Waals surface area (Å²) in [7, 11) is -1.56. The topological polar surface area (TPSA) is 40.6 Å². The Kier molecular flexibility index (Phi) is 8.82. The van der Waals surface area contributed by atoms with Crippen molar-refractivity contribution in [2.45, 2.75) is 52.9 Å². The highest BCUT2D eigenvalue weighted by molar-refractivity contribution is 7.86. The first-order chi connectivity index (χ1) is 8.00. The highest BCUT2D eigenvalue weighted by Gasteiger charge is 2.25. The molecule has 0 aromatic heterocycles. The largest absolute Gasteiger partial charge is 0.281 e. The van der Waals surface area contributed by atoms with E-state index in [-0.39, 0.29) is 0 Å². The number of rotatable bonds is 10. The van der Waals surface area contributed by atoms with Gasteiger partial charge in [0.15, 0.2) is 0 Å².